The molecule has 2 N–H and O–H groups in total. The van der Waals surface area contributed by atoms with Gasteiger partial charge in [-0.1, -0.05) is 48.5 Å². The van der Waals surface area contributed by atoms with Gasteiger partial charge in [0.2, 0.25) is 0 Å². The maximum absolute atomic E-state index is 13.7. The molecule has 0 spiro atoms. The van der Waals surface area contributed by atoms with Crippen LogP contribution >= 0.6 is 0 Å². The van der Waals surface area contributed by atoms with Gasteiger partial charge in [0.15, 0.2) is 0 Å². The summed E-state index contributed by atoms with van der Waals surface area (Å²) in [6.45, 7) is 0.0743. The smallest absolute Gasteiger partial charge is 0.126 e. The highest BCUT2D eigenvalue weighted by Crippen LogP contribution is 2.38. The number of hydrogen-bond acceptors (Lipinski definition) is 2. The number of benzene rings is 2. The van der Waals surface area contributed by atoms with Crippen LogP contribution in [-0.4, -0.2) is 17.8 Å². The molecule has 3 heteroatoms. The van der Waals surface area contributed by atoms with E-state index >= 15 is 0 Å². The van der Waals surface area contributed by atoms with Crippen molar-refractivity contribution in [3.8, 4) is 0 Å². The lowest BCUT2D eigenvalue weighted by molar-refractivity contribution is 0.196. The van der Waals surface area contributed by atoms with Gasteiger partial charge in [0.05, 0.1) is 12.6 Å². The van der Waals surface area contributed by atoms with Crippen LogP contribution in [0.1, 0.15) is 35.9 Å². The van der Waals surface area contributed by atoms with Gasteiger partial charge in [-0.3, -0.25) is 0 Å². The molecule has 1 aliphatic rings. The molecular formula is C18H20FNO. The highest BCUT2D eigenvalue weighted by molar-refractivity contribution is 5.25. The van der Waals surface area contributed by atoms with E-state index in [2.05, 4.69) is 5.32 Å². The fourth-order valence-electron chi connectivity index (χ4n) is 3.04. The minimum absolute atomic E-state index is 0.0437. The number of rotatable bonds is 5. The highest BCUT2D eigenvalue weighted by atomic mass is 19.1. The number of nitrogens with one attached hydrogen (secondary N) is 1. The second-order valence-corrected chi connectivity index (χ2v) is 5.70. The lowest BCUT2D eigenvalue weighted by Gasteiger charge is -2.38. The molecule has 1 aliphatic carbocycles. The lowest BCUT2D eigenvalue weighted by Crippen LogP contribution is -2.43. The van der Waals surface area contributed by atoms with E-state index in [4.69, 9.17) is 0 Å². The van der Waals surface area contributed by atoms with E-state index in [1.807, 2.05) is 42.5 Å². The van der Waals surface area contributed by atoms with Crippen LogP contribution in [0.3, 0.4) is 0 Å². The topological polar surface area (TPSA) is 32.3 Å². The van der Waals surface area contributed by atoms with E-state index in [9.17, 15) is 9.50 Å². The first-order valence-corrected chi connectivity index (χ1v) is 7.44. The van der Waals surface area contributed by atoms with Crippen molar-refractivity contribution in [3.63, 3.8) is 0 Å². The molecule has 2 aromatic rings. The van der Waals surface area contributed by atoms with Gasteiger partial charge >= 0.3 is 0 Å². The van der Waals surface area contributed by atoms with Gasteiger partial charge in [0.25, 0.3) is 0 Å². The van der Waals surface area contributed by atoms with Crippen molar-refractivity contribution in [2.24, 2.45) is 0 Å². The molecule has 0 aromatic heterocycles. The zero-order chi connectivity index (χ0) is 14.7. The fraction of sp³-hybridized carbons (Fsp3) is 0.333. The molecule has 2 nitrogen and oxygen atoms in total. The summed E-state index contributed by atoms with van der Waals surface area (Å²) < 4.78 is 13.7. The van der Waals surface area contributed by atoms with Crippen molar-refractivity contribution >= 4 is 0 Å². The quantitative estimate of drug-likeness (QED) is 0.882. The Morgan fingerprint density at radius 3 is 2.38 bits per heavy atom. The summed E-state index contributed by atoms with van der Waals surface area (Å²) in [6.07, 6.45) is 1.84. The zero-order valence-corrected chi connectivity index (χ0v) is 11.9. The van der Waals surface area contributed by atoms with Crippen LogP contribution in [0.15, 0.2) is 54.6 Å². The zero-order valence-electron chi connectivity index (χ0n) is 11.9. The Bertz CT molecular complexity index is 581. The molecule has 0 bridgehead atoms. The number of hydrogen-bond donors (Lipinski definition) is 2. The van der Waals surface area contributed by atoms with Crippen LogP contribution < -0.4 is 5.32 Å². The summed E-state index contributed by atoms with van der Waals surface area (Å²) in [5, 5.41) is 13.0. The predicted octanol–water partition coefficient (Wildman–Crippen LogP) is 3.39. The minimum atomic E-state index is -0.109. The summed E-state index contributed by atoms with van der Waals surface area (Å²) in [5.41, 5.74) is 1.91. The summed E-state index contributed by atoms with van der Waals surface area (Å²) in [6, 6.07) is 17.3. The molecule has 1 fully saturated rings. The van der Waals surface area contributed by atoms with Crippen LogP contribution in [0.5, 0.6) is 0 Å². The predicted molar refractivity (Wildman–Crippen MR) is 81.6 cm³/mol. The van der Waals surface area contributed by atoms with Crippen molar-refractivity contribution in [1.82, 2.24) is 5.32 Å². The van der Waals surface area contributed by atoms with Gasteiger partial charge in [-0.25, -0.2) is 4.39 Å². The Morgan fingerprint density at radius 2 is 1.71 bits per heavy atom. The number of aliphatic hydroxyl groups is 1. The summed E-state index contributed by atoms with van der Waals surface area (Å²) in [5.74, 6) is 0.182. The van der Waals surface area contributed by atoms with E-state index in [1.165, 1.54) is 6.07 Å². The number of aliphatic hydroxyl groups excluding tert-OH is 1. The van der Waals surface area contributed by atoms with Gasteiger partial charge in [0.1, 0.15) is 5.82 Å². The Morgan fingerprint density at radius 1 is 1.05 bits per heavy atom. The summed E-state index contributed by atoms with van der Waals surface area (Å²) in [4.78, 5) is 0. The Hall–Kier alpha value is -1.71. The first-order valence-electron chi connectivity index (χ1n) is 7.44. The maximum Gasteiger partial charge on any atom is 0.126 e. The molecule has 1 saturated carbocycles. The third-order valence-corrected chi connectivity index (χ3v) is 4.30. The maximum atomic E-state index is 13.7. The van der Waals surface area contributed by atoms with E-state index in [1.54, 1.807) is 6.07 Å². The molecular weight excluding hydrogens is 265 g/mol. The van der Waals surface area contributed by atoms with Crippen LogP contribution in [0.2, 0.25) is 0 Å². The SMILES string of the molecule is OC[C@@H](NC1CC(c2ccccc2F)C1)c1ccccc1. The molecule has 3 rings (SSSR count). The second-order valence-electron chi connectivity index (χ2n) is 5.70. The van der Waals surface area contributed by atoms with Crippen molar-refractivity contribution in [3.05, 3.63) is 71.5 Å². The number of halogens is 1. The molecule has 0 aliphatic heterocycles. The molecule has 110 valence electrons. The molecule has 0 saturated heterocycles. The van der Waals surface area contributed by atoms with Gasteiger partial charge in [-0.15, -0.1) is 0 Å². The summed E-state index contributed by atoms with van der Waals surface area (Å²) in [7, 11) is 0. The van der Waals surface area contributed by atoms with Crippen LogP contribution in [0, 0.1) is 5.82 Å². The van der Waals surface area contributed by atoms with E-state index in [0.717, 1.165) is 24.0 Å². The standard InChI is InChI=1S/C18H20FNO/c19-17-9-5-4-8-16(17)14-10-15(11-14)20-18(12-21)13-6-2-1-3-7-13/h1-9,14-15,18,20-21H,10-12H2/t14?,15?,18-/m1/s1. The Kier molecular flexibility index (Phi) is 4.32. The molecule has 2 aromatic carbocycles. The van der Waals surface area contributed by atoms with Gasteiger partial charge < -0.3 is 10.4 Å². The van der Waals surface area contributed by atoms with E-state index in [-0.39, 0.29) is 18.5 Å². The van der Waals surface area contributed by atoms with Crippen molar-refractivity contribution in [1.29, 1.82) is 0 Å². The Balaban J connectivity index is 1.58. The normalized spacial score (nSPS) is 22.6. The van der Waals surface area contributed by atoms with Gasteiger partial charge in [-0.2, -0.15) is 0 Å². The van der Waals surface area contributed by atoms with Crippen LogP contribution in [-0.2, 0) is 0 Å². The lowest BCUT2D eigenvalue weighted by atomic mass is 9.75. The fourth-order valence-corrected chi connectivity index (χ4v) is 3.04. The van der Waals surface area contributed by atoms with E-state index in [0.29, 0.717) is 12.0 Å². The van der Waals surface area contributed by atoms with Crippen molar-refractivity contribution in [2.75, 3.05) is 6.61 Å². The van der Waals surface area contributed by atoms with Crippen LogP contribution in [0.4, 0.5) is 4.39 Å². The molecule has 0 amide bonds. The first-order chi connectivity index (χ1) is 10.3. The second kappa shape index (κ2) is 6.37. The van der Waals surface area contributed by atoms with Crippen LogP contribution in [0.25, 0.3) is 0 Å². The third kappa shape index (κ3) is 3.14. The average Bonchev–Trinajstić information content (AvgIpc) is 2.48. The molecule has 0 heterocycles. The molecule has 0 unspecified atom stereocenters. The molecule has 1 atom stereocenters. The first kappa shape index (κ1) is 14.2. The minimum Gasteiger partial charge on any atom is -0.394 e. The van der Waals surface area contributed by atoms with Crippen molar-refractivity contribution < 1.29 is 9.50 Å². The monoisotopic (exact) mass is 285 g/mol. The molecule has 0 radical (unpaired) electrons. The van der Waals surface area contributed by atoms with E-state index < -0.39 is 0 Å². The van der Waals surface area contributed by atoms with Crippen molar-refractivity contribution in [2.45, 2.75) is 30.8 Å². The highest BCUT2D eigenvalue weighted by Gasteiger charge is 2.33. The average molecular weight is 285 g/mol. The largest absolute Gasteiger partial charge is 0.394 e. The van der Waals surface area contributed by atoms with Gasteiger partial charge in [0, 0.05) is 6.04 Å². The third-order valence-electron chi connectivity index (χ3n) is 4.30. The Labute approximate surface area is 124 Å². The molecule has 21 heavy (non-hydrogen) atoms. The summed E-state index contributed by atoms with van der Waals surface area (Å²) >= 11 is 0. The van der Waals surface area contributed by atoms with Gasteiger partial charge in [-0.05, 0) is 36.0 Å².